The van der Waals surface area contributed by atoms with Gasteiger partial charge in [0.2, 0.25) is 5.91 Å². The van der Waals surface area contributed by atoms with E-state index in [0.717, 1.165) is 63.5 Å². The van der Waals surface area contributed by atoms with Gasteiger partial charge in [-0.1, -0.05) is 20.3 Å². The Balaban J connectivity index is 1.64. The zero-order valence-electron chi connectivity index (χ0n) is 17.2. The van der Waals surface area contributed by atoms with Crippen LogP contribution in [0.3, 0.4) is 0 Å². The number of nitrogens with zero attached hydrogens (tertiary/aromatic N) is 4. The average Bonchev–Trinajstić information content (AvgIpc) is 2.68. The van der Waals surface area contributed by atoms with Crippen molar-refractivity contribution in [1.82, 2.24) is 15.3 Å². The van der Waals surface area contributed by atoms with Gasteiger partial charge in [-0.3, -0.25) is 4.79 Å². The van der Waals surface area contributed by atoms with Crippen molar-refractivity contribution < 1.29 is 4.79 Å². The second-order valence-electron chi connectivity index (χ2n) is 8.41. The summed E-state index contributed by atoms with van der Waals surface area (Å²) in [5.41, 5.74) is 0. The number of anilines is 2. The number of nitrogens with one attached hydrogen (secondary N) is 1. The van der Waals surface area contributed by atoms with Crippen molar-refractivity contribution in [2.24, 2.45) is 11.8 Å². The lowest BCUT2D eigenvalue weighted by molar-refractivity contribution is -0.125. The fourth-order valence-electron chi connectivity index (χ4n) is 4.35. The molecular weight excluding hydrogens is 338 g/mol. The summed E-state index contributed by atoms with van der Waals surface area (Å²) in [7, 11) is 0. The number of rotatable bonds is 6. The third kappa shape index (κ3) is 5.33. The summed E-state index contributed by atoms with van der Waals surface area (Å²) >= 11 is 0. The maximum atomic E-state index is 12.6. The third-order valence-corrected chi connectivity index (χ3v) is 5.85. The molecule has 0 spiro atoms. The van der Waals surface area contributed by atoms with E-state index in [-0.39, 0.29) is 17.9 Å². The molecular formula is C21H35N5O. The van der Waals surface area contributed by atoms with Crippen molar-refractivity contribution >= 4 is 17.5 Å². The first-order valence-corrected chi connectivity index (χ1v) is 10.7. The first-order valence-electron chi connectivity index (χ1n) is 10.7. The summed E-state index contributed by atoms with van der Waals surface area (Å²) in [5, 5.41) is 3.18. The Morgan fingerprint density at radius 2 is 1.85 bits per heavy atom. The Morgan fingerprint density at radius 3 is 2.52 bits per heavy atom. The van der Waals surface area contributed by atoms with E-state index in [1.165, 1.54) is 12.8 Å². The summed E-state index contributed by atoms with van der Waals surface area (Å²) in [5.74, 6) is 2.93. The second kappa shape index (κ2) is 9.38. The van der Waals surface area contributed by atoms with Gasteiger partial charge in [0, 0.05) is 38.3 Å². The van der Waals surface area contributed by atoms with E-state index in [2.05, 4.69) is 51.9 Å². The molecule has 6 nitrogen and oxygen atoms in total. The maximum Gasteiger partial charge on any atom is 0.225 e. The van der Waals surface area contributed by atoms with E-state index in [1.807, 2.05) is 0 Å². The minimum absolute atomic E-state index is 0.0477. The fourth-order valence-corrected chi connectivity index (χ4v) is 4.35. The highest BCUT2D eigenvalue weighted by atomic mass is 16.2. The average molecular weight is 374 g/mol. The molecule has 3 unspecified atom stereocenters. The van der Waals surface area contributed by atoms with Crippen LogP contribution in [0.1, 0.15) is 59.3 Å². The van der Waals surface area contributed by atoms with Crippen LogP contribution in [0, 0.1) is 11.8 Å². The van der Waals surface area contributed by atoms with Crippen molar-refractivity contribution in [3.8, 4) is 0 Å². The summed E-state index contributed by atoms with van der Waals surface area (Å²) < 4.78 is 0. The molecule has 0 aromatic carbocycles. The van der Waals surface area contributed by atoms with Crippen molar-refractivity contribution in [3.63, 3.8) is 0 Å². The van der Waals surface area contributed by atoms with Crippen LogP contribution in [0.15, 0.2) is 12.4 Å². The molecule has 2 fully saturated rings. The van der Waals surface area contributed by atoms with Crippen LogP contribution in [-0.2, 0) is 4.79 Å². The molecule has 1 amide bonds. The lowest BCUT2D eigenvalue weighted by Gasteiger charge is -2.35. The predicted octanol–water partition coefficient (Wildman–Crippen LogP) is 3.23. The second-order valence-corrected chi connectivity index (χ2v) is 8.41. The molecule has 1 aromatic rings. The Bertz CT molecular complexity index is 622. The van der Waals surface area contributed by atoms with Crippen LogP contribution in [0.25, 0.3) is 0 Å². The smallest absolute Gasteiger partial charge is 0.225 e. The number of hydrogen-bond donors (Lipinski definition) is 1. The van der Waals surface area contributed by atoms with Crippen LogP contribution < -0.4 is 15.1 Å². The number of carbonyl (C=O) groups excluding carboxylic acids is 1. The van der Waals surface area contributed by atoms with Gasteiger partial charge in [-0.2, -0.15) is 0 Å². The van der Waals surface area contributed by atoms with Crippen LogP contribution in [0.4, 0.5) is 11.6 Å². The Morgan fingerprint density at radius 1 is 1.19 bits per heavy atom. The van der Waals surface area contributed by atoms with Crippen molar-refractivity contribution in [2.75, 3.05) is 36.0 Å². The Labute approximate surface area is 163 Å². The molecule has 0 saturated carbocycles. The van der Waals surface area contributed by atoms with Crippen molar-refractivity contribution in [2.45, 2.75) is 65.3 Å². The topological polar surface area (TPSA) is 61.4 Å². The molecule has 2 aliphatic heterocycles. The molecule has 0 radical (unpaired) electrons. The number of piperidine rings is 2. The number of amides is 1. The first-order chi connectivity index (χ1) is 13.1. The number of carbonyl (C=O) groups is 1. The van der Waals surface area contributed by atoms with Gasteiger partial charge in [0.1, 0.15) is 18.0 Å². The van der Waals surface area contributed by atoms with Crippen LogP contribution in [0.5, 0.6) is 0 Å². The summed E-state index contributed by atoms with van der Waals surface area (Å²) in [6.07, 6.45) is 8.32. The van der Waals surface area contributed by atoms with Crippen LogP contribution >= 0.6 is 0 Å². The van der Waals surface area contributed by atoms with E-state index in [0.29, 0.717) is 5.92 Å². The molecule has 1 aromatic heterocycles. The molecule has 3 rings (SSSR count). The van der Waals surface area contributed by atoms with E-state index in [9.17, 15) is 4.79 Å². The SMILES string of the molecule is CCCC(C)NC(=O)C1CCCN(c2cc(N3CCCC(C)C3)ncn2)C1. The number of hydrogen-bond acceptors (Lipinski definition) is 5. The van der Waals surface area contributed by atoms with Gasteiger partial charge in [0.25, 0.3) is 0 Å². The van der Waals surface area contributed by atoms with Gasteiger partial charge < -0.3 is 15.1 Å². The zero-order valence-corrected chi connectivity index (χ0v) is 17.2. The highest BCUT2D eigenvalue weighted by molar-refractivity contribution is 5.79. The maximum absolute atomic E-state index is 12.6. The van der Waals surface area contributed by atoms with E-state index >= 15 is 0 Å². The van der Waals surface area contributed by atoms with Gasteiger partial charge in [0.15, 0.2) is 0 Å². The molecule has 2 saturated heterocycles. The molecule has 2 aliphatic rings. The minimum Gasteiger partial charge on any atom is -0.356 e. The predicted molar refractivity (Wildman–Crippen MR) is 110 cm³/mol. The molecule has 3 atom stereocenters. The normalized spacial score (nSPS) is 24.6. The summed E-state index contributed by atoms with van der Waals surface area (Å²) in [6.45, 7) is 10.4. The lowest BCUT2D eigenvalue weighted by Crippen LogP contribution is -2.45. The molecule has 6 heteroatoms. The largest absolute Gasteiger partial charge is 0.356 e. The van der Waals surface area contributed by atoms with Crippen LogP contribution in [-0.4, -0.2) is 48.1 Å². The summed E-state index contributed by atoms with van der Waals surface area (Å²) in [4.78, 5) is 26.3. The van der Waals surface area contributed by atoms with E-state index < -0.39 is 0 Å². The lowest BCUT2D eigenvalue weighted by atomic mass is 9.96. The molecule has 1 N–H and O–H groups in total. The standard InChI is InChI=1S/C21H35N5O/c1-4-7-17(3)24-21(27)18-9-6-11-26(14-18)20-12-19(22-15-23-20)25-10-5-8-16(2)13-25/h12,15-18H,4-11,13-14H2,1-3H3,(H,24,27). The van der Waals surface area contributed by atoms with E-state index in [1.54, 1.807) is 6.33 Å². The van der Waals surface area contributed by atoms with Gasteiger partial charge in [-0.05, 0) is 44.9 Å². The zero-order chi connectivity index (χ0) is 19.2. The van der Waals surface area contributed by atoms with Gasteiger partial charge in [0.05, 0.1) is 5.92 Å². The molecule has 150 valence electrons. The number of aromatic nitrogens is 2. The minimum atomic E-state index is 0.0477. The van der Waals surface area contributed by atoms with Gasteiger partial charge in [-0.25, -0.2) is 9.97 Å². The molecule has 27 heavy (non-hydrogen) atoms. The first kappa shape index (κ1) is 19.9. The molecule has 3 heterocycles. The van der Waals surface area contributed by atoms with Gasteiger partial charge in [-0.15, -0.1) is 0 Å². The van der Waals surface area contributed by atoms with Crippen LogP contribution in [0.2, 0.25) is 0 Å². The van der Waals surface area contributed by atoms with Gasteiger partial charge >= 0.3 is 0 Å². The van der Waals surface area contributed by atoms with Crippen molar-refractivity contribution in [3.05, 3.63) is 12.4 Å². The summed E-state index contributed by atoms with van der Waals surface area (Å²) in [6, 6.07) is 2.36. The van der Waals surface area contributed by atoms with E-state index in [4.69, 9.17) is 0 Å². The third-order valence-electron chi connectivity index (χ3n) is 5.85. The highest BCUT2D eigenvalue weighted by Gasteiger charge is 2.28. The monoisotopic (exact) mass is 373 g/mol. The van der Waals surface area contributed by atoms with Crippen molar-refractivity contribution in [1.29, 1.82) is 0 Å². The molecule has 0 aliphatic carbocycles. The Hall–Kier alpha value is -1.85. The molecule has 0 bridgehead atoms. The fraction of sp³-hybridized carbons (Fsp3) is 0.762. The Kier molecular flexibility index (Phi) is 6.91. The highest BCUT2D eigenvalue weighted by Crippen LogP contribution is 2.26. The quantitative estimate of drug-likeness (QED) is 0.829.